The van der Waals surface area contributed by atoms with E-state index in [-0.39, 0.29) is 18.2 Å². The first-order chi connectivity index (χ1) is 7.33. The number of nitrogens with two attached hydrogens (primary N) is 1. The van der Waals surface area contributed by atoms with Crippen molar-refractivity contribution >= 4 is 0 Å². The second-order valence-electron chi connectivity index (χ2n) is 4.46. The molecule has 0 amide bonds. The van der Waals surface area contributed by atoms with Gasteiger partial charge in [-0.05, 0) is 37.0 Å². The largest absolute Gasteiger partial charge is 0.321 e. The Bertz CT molecular complexity index is 333. The summed E-state index contributed by atoms with van der Waals surface area (Å²) in [5.74, 6) is -0.454. The molecule has 0 heterocycles. The van der Waals surface area contributed by atoms with Crippen molar-refractivity contribution in [1.82, 2.24) is 0 Å². The quantitative estimate of drug-likeness (QED) is 0.845. The summed E-state index contributed by atoms with van der Waals surface area (Å²) in [6.07, 6.45) is -2.40. The van der Waals surface area contributed by atoms with E-state index in [0.29, 0.717) is 0 Å². The fraction of sp³-hybridized carbons (Fsp3) is 0.500. The zero-order valence-corrected chi connectivity index (χ0v) is 9.38. The van der Waals surface area contributed by atoms with E-state index in [0.717, 1.165) is 5.56 Å². The molecule has 0 radical (unpaired) electrons. The summed E-state index contributed by atoms with van der Waals surface area (Å²) in [5, 5.41) is 0. The Balaban J connectivity index is 2.72. The Kier molecular flexibility index (Phi) is 3.97. The van der Waals surface area contributed by atoms with Crippen LogP contribution in [0.3, 0.4) is 0 Å². The monoisotopic (exact) mass is 231 g/mol. The van der Waals surface area contributed by atoms with E-state index in [1.54, 1.807) is 19.1 Å². The van der Waals surface area contributed by atoms with Gasteiger partial charge in [0.25, 0.3) is 6.43 Å². The van der Waals surface area contributed by atoms with Crippen LogP contribution in [0, 0.1) is 5.82 Å². The number of alkyl halides is 2. The van der Waals surface area contributed by atoms with Gasteiger partial charge < -0.3 is 5.73 Å². The first-order valence-corrected chi connectivity index (χ1v) is 5.15. The van der Waals surface area contributed by atoms with Crippen molar-refractivity contribution in [2.45, 2.75) is 38.2 Å². The molecule has 0 aliphatic rings. The highest BCUT2D eigenvalue weighted by Crippen LogP contribution is 2.28. The molecule has 0 saturated heterocycles. The van der Waals surface area contributed by atoms with E-state index in [1.165, 1.54) is 19.1 Å². The van der Waals surface area contributed by atoms with Crippen molar-refractivity contribution in [1.29, 1.82) is 0 Å². The van der Waals surface area contributed by atoms with Gasteiger partial charge >= 0.3 is 0 Å². The van der Waals surface area contributed by atoms with Crippen molar-refractivity contribution in [3.8, 4) is 0 Å². The molecular formula is C12H16F3N. The third kappa shape index (κ3) is 3.23. The van der Waals surface area contributed by atoms with Gasteiger partial charge in [-0.1, -0.05) is 19.1 Å². The number of rotatable bonds is 4. The molecule has 2 N–H and O–H groups in total. The molecule has 4 heteroatoms. The van der Waals surface area contributed by atoms with E-state index in [2.05, 4.69) is 0 Å². The maximum atomic E-state index is 12.7. The topological polar surface area (TPSA) is 26.0 Å². The van der Waals surface area contributed by atoms with Crippen LogP contribution in [0.1, 0.15) is 31.7 Å². The first-order valence-electron chi connectivity index (χ1n) is 5.15. The zero-order valence-electron chi connectivity index (χ0n) is 9.38. The van der Waals surface area contributed by atoms with Gasteiger partial charge in [-0.15, -0.1) is 0 Å². The van der Waals surface area contributed by atoms with Crippen LogP contribution >= 0.6 is 0 Å². The van der Waals surface area contributed by atoms with Crippen molar-refractivity contribution in [2.75, 3.05) is 0 Å². The van der Waals surface area contributed by atoms with Crippen LogP contribution in [0.5, 0.6) is 0 Å². The van der Waals surface area contributed by atoms with Gasteiger partial charge in [0.05, 0.1) is 5.54 Å². The van der Waals surface area contributed by atoms with Crippen LogP contribution in [-0.4, -0.2) is 12.0 Å². The molecule has 1 nitrogen and oxygen atoms in total. The molecule has 0 fully saturated rings. The van der Waals surface area contributed by atoms with Crippen LogP contribution in [0.4, 0.5) is 13.2 Å². The van der Waals surface area contributed by atoms with Gasteiger partial charge in [0.15, 0.2) is 0 Å². The summed E-state index contributed by atoms with van der Waals surface area (Å²) in [5.41, 5.74) is 4.82. The van der Waals surface area contributed by atoms with Crippen molar-refractivity contribution in [3.05, 3.63) is 35.6 Å². The number of hydrogen-bond donors (Lipinski definition) is 1. The summed E-state index contributed by atoms with van der Waals surface area (Å²) in [6, 6.07) is 5.84. The third-order valence-electron chi connectivity index (χ3n) is 2.68. The molecule has 0 aromatic heterocycles. The fourth-order valence-corrected chi connectivity index (χ4v) is 1.66. The van der Waals surface area contributed by atoms with Crippen LogP contribution in [0.15, 0.2) is 24.3 Å². The van der Waals surface area contributed by atoms with Crippen LogP contribution in [0.2, 0.25) is 0 Å². The second kappa shape index (κ2) is 4.87. The molecule has 0 spiro atoms. The summed E-state index contributed by atoms with van der Waals surface area (Å²) in [7, 11) is 0. The lowest BCUT2D eigenvalue weighted by Crippen LogP contribution is -2.44. The van der Waals surface area contributed by atoms with Gasteiger partial charge in [-0.2, -0.15) is 0 Å². The molecule has 0 saturated carbocycles. The van der Waals surface area contributed by atoms with Crippen molar-refractivity contribution in [3.63, 3.8) is 0 Å². The summed E-state index contributed by atoms with van der Waals surface area (Å²) < 4.78 is 37.8. The summed E-state index contributed by atoms with van der Waals surface area (Å²) >= 11 is 0. The molecule has 0 aliphatic carbocycles. The standard InChI is InChI=1S/C12H16F3N/c1-8(7-12(2,16)11(14)15)9-3-5-10(13)6-4-9/h3-6,8,11H,7,16H2,1-2H3. The molecule has 1 aromatic carbocycles. The Morgan fingerprint density at radius 1 is 1.25 bits per heavy atom. The number of halogens is 3. The molecule has 1 rings (SSSR count). The highest BCUT2D eigenvalue weighted by Gasteiger charge is 2.32. The van der Waals surface area contributed by atoms with E-state index < -0.39 is 12.0 Å². The summed E-state index contributed by atoms with van der Waals surface area (Å²) in [4.78, 5) is 0. The van der Waals surface area contributed by atoms with E-state index in [4.69, 9.17) is 5.73 Å². The first kappa shape index (κ1) is 13.0. The Labute approximate surface area is 93.5 Å². The highest BCUT2D eigenvalue weighted by atomic mass is 19.3. The predicted octanol–water partition coefficient (Wildman–Crippen LogP) is 3.30. The van der Waals surface area contributed by atoms with Crippen LogP contribution in [0.25, 0.3) is 0 Å². The molecule has 90 valence electrons. The van der Waals surface area contributed by atoms with Gasteiger partial charge in [0.2, 0.25) is 0 Å². The van der Waals surface area contributed by atoms with Gasteiger partial charge in [0, 0.05) is 0 Å². The van der Waals surface area contributed by atoms with E-state index in [9.17, 15) is 13.2 Å². The molecule has 1 aromatic rings. The minimum Gasteiger partial charge on any atom is -0.321 e. The normalized spacial score (nSPS) is 17.2. The van der Waals surface area contributed by atoms with Crippen LogP contribution in [-0.2, 0) is 0 Å². The average Bonchev–Trinajstić information content (AvgIpc) is 2.17. The minimum absolute atomic E-state index is 0.121. The average molecular weight is 231 g/mol. The Morgan fingerprint density at radius 2 is 1.75 bits per heavy atom. The van der Waals surface area contributed by atoms with Crippen molar-refractivity contribution in [2.24, 2.45) is 5.73 Å². The lowest BCUT2D eigenvalue weighted by molar-refractivity contribution is 0.0556. The van der Waals surface area contributed by atoms with Crippen molar-refractivity contribution < 1.29 is 13.2 Å². The molecule has 2 atom stereocenters. The lowest BCUT2D eigenvalue weighted by atomic mass is 9.87. The van der Waals surface area contributed by atoms with Gasteiger partial charge in [0.1, 0.15) is 5.82 Å². The lowest BCUT2D eigenvalue weighted by Gasteiger charge is -2.27. The zero-order chi connectivity index (χ0) is 12.3. The van der Waals surface area contributed by atoms with E-state index in [1.807, 2.05) is 0 Å². The predicted molar refractivity (Wildman–Crippen MR) is 58.0 cm³/mol. The molecule has 0 bridgehead atoms. The molecule has 0 aliphatic heterocycles. The smallest absolute Gasteiger partial charge is 0.256 e. The number of hydrogen-bond acceptors (Lipinski definition) is 1. The van der Waals surface area contributed by atoms with Gasteiger partial charge in [-0.25, -0.2) is 13.2 Å². The maximum absolute atomic E-state index is 12.7. The molecule has 16 heavy (non-hydrogen) atoms. The second-order valence-corrected chi connectivity index (χ2v) is 4.46. The Morgan fingerprint density at radius 3 is 2.19 bits per heavy atom. The third-order valence-corrected chi connectivity index (χ3v) is 2.68. The van der Waals surface area contributed by atoms with Crippen LogP contribution < -0.4 is 5.73 Å². The minimum atomic E-state index is -2.56. The highest BCUT2D eigenvalue weighted by molar-refractivity contribution is 5.20. The number of benzene rings is 1. The Hall–Kier alpha value is -1.03. The molecule has 2 unspecified atom stereocenters. The molecular weight excluding hydrogens is 215 g/mol. The summed E-state index contributed by atoms with van der Waals surface area (Å²) in [6.45, 7) is 3.14. The SMILES string of the molecule is CC(CC(C)(N)C(F)F)c1ccc(F)cc1. The van der Waals surface area contributed by atoms with E-state index >= 15 is 0 Å². The fourth-order valence-electron chi connectivity index (χ4n) is 1.66. The van der Waals surface area contributed by atoms with Gasteiger partial charge in [-0.3, -0.25) is 0 Å². The maximum Gasteiger partial charge on any atom is 0.256 e.